The fourth-order valence-corrected chi connectivity index (χ4v) is 3.51. The number of carbonyl (C=O) groups is 2. The third kappa shape index (κ3) is 3.74. The van der Waals surface area contributed by atoms with E-state index in [-0.39, 0.29) is 11.7 Å². The van der Waals surface area contributed by atoms with Crippen LogP contribution in [0.5, 0.6) is 5.75 Å². The van der Waals surface area contributed by atoms with Gasteiger partial charge in [0.15, 0.2) is 0 Å². The number of methoxy groups -OCH3 is 1. The van der Waals surface area contributed by atoms with Crippen molar-refractivity contribution < 1.29 is 23.5 Å². The van der Waals surface area contributed by atoms with Crippen molar-refractivity contribution in [1.29, 1.82) is 0 Å². The number of rotatable bonds is 5. The third-order valence-corrected chi connectivity index (χ3v) is 5.15. The van der Waals surface area contributed by atoms with Gasteiger partial charge in [-0.1, -0.05) is 23.7 Å². The second kappa shape index (κ2) is 8.16. The molecule has 1 heterocycles. The van der Waals surface area contributed by atoms with Crippen LogP contribution >= 0.6 is 11.6 Å². The van der Waals surface area contributed by atoms with E-state index >= 15 is 0 Å². The van der Waals surface area contributed by atoms with E-state index in [9.17, 15) is 14.0 Å². The van der Waals surface area contributed by atoms with Crippen molar-refractivity contribution in [3.05, 3.63) is 94.8 Å². The number of nitrogens with zero attached hydrogens (tertiary/aromatic N) is 1. The third-order valence-electron chi connectivity index (χ3n) is 4.90. The fraction of sp³-hybridized carbons (Fsp3) is 0.130. The molecule has 0 spiro atoms. The van der Waals surface area contributed by atoms with Gasteiger partial charge in [-0.2, -0.15) is 0 Å². The summed E-state index contributed by atoms with van der Waals surface area (Å²) in [5.41, 5.74) is 1.72. The average Bonchev–Trinajstić information content (AvgIpc) is 2.77. The van der Waals surface area contributed by atoms with Crippen LogP contribution in [0.4, 0.5) is 10.1 Å². The first-order valence-corrected chi connectivity index (χ1v) is 9.55. The lowest BCUT2D eigenvalue weighted by Gasteiger charge is -2.46. The summed E-state index contributed by atoms with van der Waals surface area (Å²) in [6.07, 6.45) is -0.778. The summed E-state index contributed by atoms with van der Waals surface area (Å²) in [6.45, 7) is 0. The van der Waals surface area contributed by atoms with E-state index in [1.807, 2.05) is 0 Å². The van der Waals surface area contributed by atoms with Gasteiger partial charge in [0.1, 0.15) is 17.6 Å². The molecule has 1 aliphatic rings. The maximum absolute atomic E-state index is 13.4. The van der Waals surface area contributed by atoms with Crippen LogP contribution < -0.4 is 9.64 Å². The molecule has 1 amide bonds. The number of halogens is 2. The maximum Gasteiger partial charge on any atom is 0.337 e. The Balaban J connectivity index is 1.67. The molecule has 1 saturated heterocycles. The van der Waals surface area contributed by atoms with Gasteiger partial charge in [0, 0.05) is 10.7 Å². The van der Waals surface area contributed by atoms with Crippen LogP contribution in [0.1, 0.15) is 22.0 Å². The quantitative estimate of drug-likeness (QED) is 0.435. The molecule has 2 unspecified atom stereocenters. The Morgan fingerprint density at radius 2 is 1.60 bits per heavy atom. The normalized spacial score (nSPS) is 18.0. The Morgan fingerprint density at radius 3 is 2.20 bits per heavy atom. The smallest absolute Gasteiger partial charge is 0.337 e. The molecule has 0 radical (unpaired) electrons. The van der Waals surface area contributed by atoms with Crippen molar-refractivity contribution in [2.75, 3.05) is 12.0 Å². The van der Waals surface area contributed by atoms with Crippen LogP contribution in [0.3, 0.4) is 0 Å². The minimum absolute atomic E-state index is 0.251. The molecular weight excluding hydrogens is 409 g/mol. The summed E-state index contributed by atoms with van der Waals surface area (Å²) in [7, 11) is 1.31. The lowest BCUT2D eigenvalue weighted by atomic mass is 9.89. The van der Waals surface area contributed by atoms with Crippen LogP contribution in [0.15, 0.2) is 72.8 Å². The number of β-lactam (4-membered cyclic amide) rings is 1. The Bertz CT molecular complexity index is 1070. The van der Waals surface area contributed by atoms with E-state index in [2.05, 4.69) is 0 Å². The predicted octanol–water partition coefficient (Wildman–Crippen LogP) is 4.80. The van der Waals surface area contributed by atoms with Crippen molar-refractivity contribution in [2.45, 2.75) is 12.1 Å². The second-order valence-corrected chi connectivity index (χ2v) is 7.17. The zero-order valence-electron chi connectivity index (χ0n) is 15.9. The Morgan fingerprint density at radius 1 is 0.967 bits per heavy atom. The van der Waals surface area contributed by atoms with Crippen LogP contribution in [-0.4, -0.2) is 25.1 Å². The van der Waals surface area contributed by atoms with Gasteiger partial charge in [0.05, 0.1) is 12.7 Å². The molecule has 30 heavy (non-hydrogen) atoms. The standard InChI is InChI=1S/C23H17ClFNO4/c1-29-23(28)15-4-2-14(3-5-15)20-21(30-19-12-6-16(24)7-13-19)22(27)26(20)18-10-8-17(25)9-11-18/h2-13,20-21H,1H3. The number of benzene rings is 3. The zero-order valence-corrected chi connectivity index (χ0v) is 16.7. The molecule has 0 aromatic heterocycles. The van der Waals surface area contributed by atoms with Crippen molar-refractivity contribution in [2.24, 2.45) is 0 Å². The number of ether oxygens (including phenoxy) is 2. The first-order valence-electron chi connectivity index (χ1n) is 9.17. The van der Waals surface area contributed by atoms with E-state index in [1.165, 1.54) is 19.2 Å². The Labute approximate surface area is 177 Å². The van der Waals surface area contributed by atoms with E-state index < -0.39 is 18.1 Å². The highest BCUT2D eigenvalue weighted by molar-refractivity contribution is 6.30. The van der Waals surface area contributed by atoms with Crippen molar-refractivity contribution in [3.63, 3.8) is 0 Å². The van der Waals surface area contributed by atoms with Crippen molar-refractivity contribution in [3.8, 4) is 5.75 Å². The number of esters is 1. The van der Waals surface area contributed by atoms with Gasteiger partial charge < -0.3 is 9.47 Å². The SMILES string of the molecule is COC(=O)c1ccc(C2C(Oc3ccc(Cl)cc3)C(=O)N2c2ccc(F)cc2)cc1. The van der Waals surface area contributed by atoms with Crippen LogP contribution in [0.25, 0.3) is 0 Å². The number of amides is 1. The van der Waals surface area contributed by atoms with E-state index in [1.54, 1.807) is 65.6 Å². The molecule has 7 heteroatoms. The van der Waals surface area contributed by atoms with Gasteiger partial charge in [0.25, 0.3) is 5.91 Å². The lowest BCUT2D eigenvalue weighted by molar-refractivity contribution is -0.135. The summed E-state index contributed by atoms with van der Waals surface area (Å²) in [6, 6.07) is 18.7. The zero-order chi connectivity index (χ0) is 21.3. The fourth-order valence-electron chi connectivity index (χ4n) is 3.38. The van der Waals surface area contributed by atoms with Gasteiger partial charge in [-0.25, -0.2) is 9.18 Å². The molecular formula is C23H17ClFNO4. The maximum atomic E-state index is 13.4. The van der Waals surface area contributed by atoms with E-state index in [0.29, 0.717) is 22.0 Å². The van der Waals surface area contributed by atoms with Crippen LogP contribution in [0.2, 0.25) is 5.02 Å². The summed E-state index contributed by atoms with van der Waals surface area (Å²) >= 11 is 5.92. The van der Waals surface area contributed by atoms with Gasteiger partial charge in [-0.15, -0.1) is 0 Å². The van der Waals surface area contributed by atoms with Crippen LogP contribution in [-0.2, 0) is 9.53 Å². The number of anilines is 1. The lowest BCUT2D eigenvalue weighted by Crippen LogP contribution is -2.61. The number of hydrogen-bond acceptors (Lipinski definition) is 4. The average molecular weight is 426 g/mol. The molecule has 3 aromatic rings. The molecule has 1 fully saturated rings. The van der Waals surface area contributed by atoms with E-state index in [0.717, 1.165) is 5.56 Å². The second-order valence-electron chi connectivity index (χ2n) is 6.74. The van der Waals surface area contributed by atoms with Crippen molar-refractivity contribution >= 4 is 29.2 Å². The van der Waals surface area contributed by atoms with E-state index in [4.69, 9.17) is 21.1 Å². The molecule has 0 bridgehead atoms. The first-order chi connectivity index (χ1) is 14.5. The molecule has 0 N–H and O–H groups in total. The molecule has 0 aliphatic carbocycles. The van der Waals surface area contributed by atoms with Gasteiger partial charge in [0.2, 0.25) is 6.10 Å². The molecule has 2 atom stereocenters. The number of carbonyl (C=O) groups excluding carboxylic acids is 2. The number of hydrogen-bond donors (Lipinski definition) is 0. The predicted molar refractivity (Wildman–Crippen MR) is 110 cm³/mol. The molecule has 4 rings (SSSR count). The molecule has 5 nitrogen and oxygen atoms in total. The monoisotopic (exact) mass is 425 g/mol. The first kappa shape index (κ1) is 19.9. The van der Waals surface area contributed by atoms with Crippen molar-refractivity contribution in [1.82, 2.24) is 0 Å². The highest BCUT2D eigenvalue weighted by Crippen LogP contribution is 2.41. The molecule has 152 valence electrons. The highest BCUT2D eigenvalue weighted by Gasteiger charge is 2.51. The summed E-state index contributed by atoms with van der Waals surface area (Å²) < 4.78 is 24.0. The summed E-state index contributed by atoms with van der Waals surface area (Å²) in [5.74, 6) is -0.582. The molecule has 3 aromatic carbocycles. The molecule has 1 aliphatic heterocycles. The van der Waals surface area contributed by atoms with Gasteiger partial charge in [-0.05, 0) is 66.2 Å². The minimum atomic E-state index is -0.778. The summed E-state index contributed by atoms with van der Waals surface area (Å²) in [5, 5.41) is 0.560. The minimum Gasteiger partial charge on any atom is -0.478 e. The Hall–Kier alpha value is -3.38. The Kier molecular flexibility index (Phi) is 5.42. The van der Waals surface area contributed by atoms with Gasteiger partial charge >= 0.3 is 5.97 Å². The topological polar surface area (TPSA) is 55.8 Å². The van der Waals surface area contributed by atoms with Crippen LogP contribution in [0, 0.1) is 5.82 Å². The highest BCUT2D eigenvalue weighted by atomic mass is 35.5. The van der Waals surface area contributed by atoms with Gasteiger partial charge in [-0.3, -0.25) is 9.69 Å². The summed E-state index contributed by atoms with van der Waals surface area (Å²) in [4.78, 5) is 26.2. The molecule has 0 saturated carbocycles. The largest absolute Gasteiger partial charge is 0.478 e.